The molecule has 2 N–H and O–H groups in total. The number of carbonyl (C=O) groups excluding carboxylic acids is 1. The maximum Gasteiger partial charge on any atom is 0.322 e. The molecule has 0 aliphatic heterocycles. The number of anilines is 1. The third-order valence-corrected chi connectivity index (χ3v) is 3.97. The number of aliphatic hydroxyl groups is 1. The molecule has 0 atom stereocenters. The summed E-state index contributed by atoms with van der Waals surface area (Å²) in [5.74, 6) is 0. The van der Waals surface area contributed by atoms with Crippen LogP contribution in [0.15, 0.2) is 35.7 Å². The van der Waals surface area contributed by atoms with E-state index in [0.717, 1.165) is 11.3 Å². The molecule has 1 rings (SSSR count). The van der Waals surface area contributed by atoms with Crippen molar-refractivity contribution >= 4 is 23.5 Å². The molecular weight excluding hydrogens is 296 g/mol. The maximum absolute atomic E-state index is 12.2. The van der Waals surface area contributed by atoms with Gasteiger partial charge in [-0.15, -0.1) is 18.3 Å². The first-order valence-electron chi connectivity index (χ1n) is 7.34. The van der Waals surface area contributed by atoms with Crippen LogP contribution < -0.4 is 5.32 Å². The van der Waals surface area contributed by atoms with Crippen LogP contribution in [0.3, 0.4) is 0 Å². The van der Waals surface area contributed by atoms with Gasteiger partial charge in [0.15, 0.2) is 0 Å². The van der Waals surface area contributed by atoms with E-state index in [-0.39, 0.29) is 23.9 Å². The van der Waals surface area contributed by atoms with Crippen LogP contribution in [0.2, 0.25) is 0 Å². The summed E-state index contributed by atoms with van der Waals surface area (Å²) in [7, 11) is 0. The summed E-state index contributed by atoms with van der Waals surface area (Å²) in [5.41, 5.74) is 1.81. The minimum atomic E-state index is -0.228. The Morgan fingerprint density at radius 1 is 1.45 bits per heavy atom. The molecule has 0 aliphatic rings. The van der Waals surface area contributed by atoms with E-state index in [0.29, 0.717) is 6.54 Å². The number of urea groups is 1. The lowest BCUT2D eigenvalue weighted by Gasteiger charge is -2.22. The molecule has 1 aromatic carbocycles. The number of hydrogen-bond donors (Lipinski definition) is 2. The second-order valence-corrected chi connectivity index (χ2v) is 7.98. The number of rotatable bonds is 6. The van der Waals surface area contributed by atoms with Gasteiger partial charge < -0.3 is 15.3 Å². The van der Waals surface area contributed by atoms with E-state index >= 15 is 0 Å². The van der Waals surface area contributed by atoms with E-state index in [4.69, 9.17) is 5.11 Å². The molecule has 122 valence electrons. The molecule has 5 heteroatoms. The van der Waals surface area contributed by atoms with Gasteiger partial charge in [0.05, 0.1) is 6.61 Å². The van der Waals surface area contributed by atoms with Crippen LogP contribution in [-0.4, -0.2) is 40.5 Å². The highest BCUT2D eigenvalue weighted by atomic mass is 32.2. The Labute approximate surface area is 137 Å². The lowest BCUT2D eigenvalue weighted by atomic mass is 10.2. The fourth-order valence-electron chi connectivity index (χ4n) is 1.94. The molecule has 4 nitrogen and oxygen atoms in total. The van der Waals surface area contributed by atoms with Crippen molar-refractivity contribution in [3.05, 3.63) is 36.4 Å². The third kappa shape index (κ3) is 6.12. The second kappa shape index (κ2) is 8.25. The molecule has 22 heavy (non-hydrogen) atoms. The summed E-state index contributed by atoms with van der Waals surface area (Å²) in [6.45, 7) is 12.7. The zero-order valence-electron chi connectivity index (χ0n) is 13.8. The number of thioether (sulfide) groups is 1. The van der Waals surface area contributed by atoms with Crippen molar-refractivity contribution in [2.24, 2.45) is 0 Å². The van der Waals surface area contributed by atoms with Gasteiger partial charge in [0, 0.05) is 28.4 Å². The molecule has 2 amide bonds. The Kier molecular flexibility index (Phi) is 6.97. The summed E-state index contributed by atoms with van der Waals surface area (Å²) < 4.78 is 0.152. The number of amides is 2. The Bertz CT molecular complexity index is 524. The van der Waals surface area contributed by atoms with E-state index in [2.05, 4.69) is 38.7 Å². The fraction of sp³-hybridized carbons (Fsp3) is 0.471. The third-order valence-electron chi connectivity index (χ3n) is 2.87. The minimum Gasteiger partial charge on any atom is -0.395 e. The van der Waals surface area contributed by atoms with Gasteiger partial charge in [0.25, 0.3) is 0 Å². The zero-order chi connectivity index (χ0) is 16.8. The minimum absolute atomic E-state index is 0.0681. The van der Waals surface area contributed by atoms with E-state index < -0.39 is 0 Å². The van der Waals surface area contributed by atoms with Gasteiger partial charge >= 0.3 is 6.03 Å². The Morgan fingerprint density at radius 2 is 2.14 bits per heavy atom. The van der Waals surface area contributed by atoms with Gasteiger partial charge in [0.2, 0.25) is 0 Å². The quantitative estimate of drug-likeness (QED) is 0.617. The molecule has 0 bridgehead atoms. The van der Waals surface area contributed by atoms with E-state index in [1.165, 1.54) is 9.80 Å². The molecule has 0 heterocycles. The van der Waals surface area contributed by atoms with Gasteiger partial charge in [-0.3, -0.25) is 0 Å². The highest BCUT2D eigenvalue weighted by Crippen LogP contribution is 2.33. The summed E-state index contributed by atoms with van der Waals surface area (Å²) in [6, 6.07) is 5.79. The molecular formula is C17H26N2O2S. The zero-order valence-corrected chi connectivity index (χ0v) is 14.7. The number of hydrogen-bond acceptors (Lipinski definition) is 3. The molecule has 0 fully saturated rings. The lowest BCUT2D eigenvalue weighted by Crippen LogP contribution is -2.37. The van der Waals surface area contributed by atoms with Crippen molar-refractivity contribution in [2.75, 3.05) is 25.0 Å². The molecule has 0 saturated carbocycles. The number of nitrogens with zero attached hydrogens (tertiary/aromatic N) is 1. The largest absolute Gasteiger partial charge is 0.395 e. The van der Waals surface area contributed by atoms with Crippen LogP contribution >= 0.6 is 11.8 Å². The van der Waals surface area contributed by atoms with Crippen molar-refractivity contribution in [1.82, 2.24) is 4.90 Å². The smallest absolute Gasteiger partial charge is 0.322 e. The van der Waals surface area contributed by atoms with Crippen LogP contribution in [0.1, 0.15) is 26.3 Å². The second-order valence-electron chi connectivity index (χ2n) is 6.08. The Morgan fingerprint density at radius 3 is 2.64 bits per heavy atom. The fourth-order valence-corrected chi connectivity index (χ4v) is 3.02. The Hall–Kier alpha value is -1.46. The molecule has 0 saturated heterocycles. The highest BCUT2D eigenvalue weighted by molar-refractivity contribution is 8.00. The number of carbonyl (C=O) groups is 1. The van der Waals surface area contributed by atoms with Crippen LogP contribution in [-0.2, 0) is 0 Å². The first kappa shape index (κ1) is 18.6. The monoisotopic (exact) mass is 322 g/mol. The van der Waals surface area contributed by atoms with Crippen molar-refractivity contribution in [3.63, 3.8) is 0 Å². The van der Waals surface area contributed by atoms with Crippen molar-refractivity contribution in [1.29, 1.82) is 0 Å². The first-order valence-corrected chi connectivity index (χ1v) is 8.16. The predicted octanol–water partition coefficient (Wildman–Crippen LogP) is 3.90. The van der Waals surface area contributed by atoms with Gasteiger partial charge in [-0.05, 0) is 30.7 Å². The average molecular weight is 322 g/mol. The molecule has 0 aromatic heterocycles. The lowest BCUT2D eigenvalue weighted by molar-refractivity contribution is 0.195. The van der Waals surface area contributed by atoms with E-state index in [1.54, 1.807) is 17.8 Å². The van der Waals surface area contributed by atoms with Crippen molar-refractivity contribution in [2.45, 2.75) is 37.3 Å². The van der Waals surface area contributed by atoms with Crippen molar-refractivity contribution in [3.8, 4) is 0 Å². The molecule has 1 aromatic rings. The first-order chi connectivity index (χ1) is 10.3. The highest BCUT2D eigenvalue weighted by Gasteiger charge is 2.15. The topological polar surface area (TPSA) is 52.6 Å². The normalized spacial score (nSPS) is 11.1. The molecule has 0 unspecified atom stereocenters. The van der Waals surface area contributed by atoms with Gasteiger partial charge in [-0.2, -0.15) is 0 Å². The maximum atomic E-state index is 12.2. The van der Waals surface area contributed by atoms with Crippen LogP contribution in [0, 0.1) is 6.92 Å². The summed E-state index contributed by atoms with van der Waals surface area (Å²) in [6.07, 6.45) is 1.64. The SMILES string of the molecule is C=CCN(CCO)C(=O)Nc1ccc(SC(C)(C)C)cc1C. The molecule has 0 aliphatic carbocycles. The van der Waals surface area contributed by atoms with Crippen LogP contribution in [0.4, 0.5) is 10.5 Å². The summed E-state index contributed by atoms with van der Waals surface area (Å²) in [4.78, 5) is 14.9. The van der Waals surface area contributed by atoms with Gasteiger partial charge in [-0.1, -0.05) is 26.8 Å². The number of benzene rings is 1. The van der Waals surface area contributed by atoms with E-state index in [9.17, 15) is 4.79 Å². The molecule has 0 radical (unpaired) electrons. The number of aryl methyl sites for hydroxylation is 1. The van der Waals surface area contributed by atoms with Gasteiger partial charge in [0.1, 0.15) is 0 Å². The summed E-state index contributed by atoms with van der Waals surface area (Å²) >= 11 is 1.80. The van der Waals surface area contributed by atoms with Gasteiger partial charge in [-0.25, -0.2) is 4.79 Å². The number of aliphatic hydroxyl groups excluding tert-OH is 1. The van der Waals surface area contributed by atoms with Crippen LogP contribution in [0.25, 0.3) is 0 Å². The molecule has 0 spiro atoms. The predicted molar refractivity (Wildman–Crippen MR) is 94.7 cm³/mol. The summed E-state index contributed by atoms with van der Waals surface area (Å²) in [5, 5.41) is 11.9. The van der Waals surface area contributed by atoms with Crippen molar-refractivity contribution < 1.29 is 9.90 Å². The average Bonchev–Trinajstić information content (AvgIpc) is 2.39. The standard InChI is InChI=1S/C17H26N2O2S/c1-6-9-19(10-11-20)16(21)18-15-8-7-14(12-13(15)2)22-17(3,4)5/h6-8,12,20H,1,9-11H2,2-5H3,(H,18,21). The van der Waals surface area contributed by atoms with Crippen LogP contribution in [0.5, 0.6) is 0 Å². The van der Waals surface area contributed by atoms with E-state index in [1.807, 2.05) is 19.1 Å². The Balaban J connectivity index is 2.81. The number of nitrogens with one attached hydrogen (secondary N) is 1.